The zero-order valence-electron chi connectivity index (χ0n) is 10.4. The fraction of sp³-hybridized carbons (Fsp3) is 0.286. The predicted molar refractivity (Wildman–Crippen MR) is 67.9 cm³/mol. The van der Waals surface area contributed by atoms with Crippen molar-refractivity contribution < 1.29 is 4.79 Å². The fourth-order valence-electron chi connectivity index (χ4n) is 1.94. The summed E-state index contributed by atoms with van der Waals surface area (Å²) in [5.74, 6) is 0.864. The second-order valence-electron chi connectivity index (χ2n) is 4.35. The lowest BCUT2D eigenvalue weighted by atomic mass is 10.1. The number of carbonyl (C=O) groups is 1. The van der Waals surface area contributed by atoms with E-state index < -0.39 is 0 Å². The summed E-state index contributed by atoms with van der Waals surface area (Å²) in [5.41, 5.74) is 4.27. The molecule has 2 aromatic rings. The van der Waals surface area contributed by atoms with E-state index in [2.05, 4.69) is 29.0 Å². The molecule has 1 aromatic heterocycles. The van der Waals surface area contributed by atoms with Gasteiger partial charge in [-0.05, 0) is 26.3 Å². The van der Waals surface area contributed by atoms with Crippen molar-refractivity contribution in [2.24, 2.45) is 0 Å². The van der Waals surface area contributed by atoms with Crippen molar-refractivity contribution in [3.8, 4) is 11.3 Å². The third kappa shape index (κ3) is 2.44. The Morgan fingerprint density at radius 3 is 2.65 bits per heavy atom. The minimum absolute atomic E-state index is 0.120. The van der Waals surface area contributed by atoms with Crippen LogP contribution >= 0.6 is 0 Å². The first-order valence-electron chi connectivity index (χ1n) is 5.69. The summed E-state index contributed by atoms with van der Waals surface area (Å²) in [5, 5.41) is 0. The maximum absolute atomic E-state index is 11.1. The molecule has 1 heterocycles. The summed E-state index contributed by atoms with van der Waals surface area (Å²) >= 11 is 0. The van der Waals surface area contributed by atoms with Crippen LogP contribution in [0.3, 0.4) is 0 Å². The first-order valence-corrected chi connectivity index (χ1v) is 5.69. The molecule has 1 aromatic carbocycles. The molecule has 0 bridgehead atoms. The molecule has 0 unspecified atom stereocenters. The Labute approximate surface area is 101 Å². The third-order valence-corrected chi connectivity index (χ3v) is 2.75. The molecule has 0 aliphatic heterocycles. The number of imidazole rings is 1. The van der Waals surface area contributed by atoms with Gasteiger partial charge in [-0.15, -0.1) is 0 Å². The van der Waals surface area contributed by atoms with E-state index in [9.17, 15) is 4.79 Å². The Hall–Kier alpha value is -1.90. The molecule has 0 aliphatic rings. The summed E-state index contributed by atoms with van der Waals surface area (Å²) < 4.78 is 0. The molecule has 0 amide bonds. The highest BCUT2D eigenvalue weighted by molar-refractivity contribution is 5.77. The number of hydrogen-bond donors (Lipinski definition) is 1. The number of hydrogen-bond acceptors (Lipinski definition) is 2. The van der Waals surface area contributed by atoms with Crippen LogP contribution < -0.4 is 0 Å². The highest BCUT2D eigenvalue weighted by atomic mass is 16.1. The monoisotopic (exact) mass is 228 g/mol. The van der Waals surface area contributed by atoms with Gasteiger partial charge in [0.05, 0.1) is 12.1 Å². The standard InChI is InChI=1S/C14H16N2O/c1-9-6-4-5-7-12(9)14-11(3)15-13(16-14)8-10(2)17/h4-7H,8H2,1-3H3,(H,15,16). The normalized spacial score (nSPS) is 10.5. The largest absolute Gasteiger partial charge is 0.345 e. The summed E-state index contributed by atoms with van der Waals surface area (Å²) in [6, 6.07) is 8.13. The number of H-pyrrole nitrogens is 1. The Morgan fingerprint density at radius 1 is 1.29 bits per heavy atom. The molecule has 0 radical (unpaired) electrons. The zero-order chi connectivity index (χ0) is 12.4. The van der Waals surface area contributed by atoms with E-state index in [1.54, 1.807) is 6.92 Å². The van der Waals surface area contributed by atoms with Crippen LogP contribution in [0.1, 0.15) is 24.0 Å². The molecule has 0 fully saturated rings. The lowest BCUT2D eigenvalue weighted by Gasteiger charge is -2.02. The first kappa shape index (κ1) is 11.6. The van der Waals surface area contributed by atoms with E-state index >= 15 is 0 Å². The van der Waals surface area contributed by atoms with Crippen LogP contribution in [0.2, 0.25) is 0 Å². The second-order valence-corrected chi connectivity index (χ2v) is 4.35. The minimum atomic E-state index is 0.120. The summed E-state index contributed by atoms with van der Waals surface area (Å²) in [6.07, 6.45) is 0.368. The average molecular weight is 228 g/mol. The Bertz CT molecular complexity index is 555. The molecule has 2 rings (SSSR count). The number of rotatable bonds is 3. The predicted octanol–water partition coefficient (Wildman–Crippen LogP) is 2.83. The van der Waals surface area contributed by atoms with E-state index in [1.165, 1.54) is 5.56 Å². The van der Waals surface area contributed by atoms with Crippen LogP contribution in [0.15, 0.2) is 24.3 Å². The Morgan fingerprint density at radius 2 is 2.00 bits per heavy atom. The van der Waals surface area contributed by atoms with Crippen LogP contribution in [0, 0.1) is 13.8 Å². The molecular formula is C14H16N2O. The molecular weight excluding hydrogens is 212 g/mol. The van der Waals surface area contributed by atoms with Gasteiger partial charge in [-0.1, -0.05) is 24.3 Å². The molecule has 0 saturated heterocycles. The van der Waals surface area contributed by atoms with Crippen molar-refractivity contribution in [1.82, 2.24) is 9.97 Å². The molecule has 1 N–H and O–H groups in total. The summed E-state index contributed by atoms with van der Waals surface area (Å²) in [7, 11) is 0. The smallest absolute Gasteiger partial charge is 0.137 e. The molecule has 88 valence electrons. The van der Waals surface area contributed by atoms with Gasteiger partial charge in [0, 0.05) is 11.3 Å². The SMILES string of the molecule is CC(=O)Cc1nc(-c2ccccc2C)c(C)[nH]1. The van der Waals surface area contributed by atoms with Gasteiger partial charge in [0.15, 0.2) is 0 Å². The molecule has 3 nitrogen and oxygen atoms in total. The number of carbonyl (C=O) groups excluding carboxylic acids is 1. The second kappa shape index (κ2) is 4.53. The molecule has 3 heteroatoms. The minimum Gasteiger partial charge on any atom is -0.345 e. The maximum atomic E-state index is 11.1. The van der Waals surface area contributed by atoms with Crippen molar-refractivity contribution in [3.05, 3.63) is 41.3 Å². The van der Waals surface area contributed by atoms with Crippen LogP contribution in [0.25, 0.3) is 11.3 Å². The molecule has 0 saturated carbocycles. The van der Waals surface area contributed by atoms with Gasteiger partial charge < -0.3 is 4.98 Å². The Kier molecular flexibility index (Phi) is 3.09. The van der Waals surface area contributed by atoms with E-state index in [0.717, 1.165) is 22.8 Å². The van der Waals surface area contributed by atoms with Gasteiger partial charge in [-0.2, -0.15) is 0 Å². The van der Waals surface area contributed by atoms with Gasteiger partial charge >= 0.3 is 0 Å². The fourth-order valence-corrected chi connectivity index (χ4v) is 1.94. The summed E-state index contributed by atoms with van der Waals surface area (Å²) in [4.78, 5) is 18.8. The maximum Gasteiger partial charge on any atom is 0.137 e. The van der Waals surface area contributed by atoms with Crippen molar-refractivity contribution in [2.75, 3.05) is 0 Å². The van der Waals surface area contributed by atoms with Crippen molar-refractivity contribution in [2.45, 2.75) is 27.2 Å². The lowest BCUT2D eigenvalue weighted by molar-refractivity contribution is -0.116. The Balaban J connectivity index is 2.43. The number of Topliss-reactive ketones (excluding diaryl/α,β-unsaturated/α-hetero) is 1. The van der Waals surface area contributed by atoms with Gasteiger partial charge in [0.1, 0.15) is 11.6 Å². The highest BCUT2D eigenvalue weighted by Crippen LogP contribution is 2.24. The van der Waals surface area contributed by atoms with Crippen LogP contribution in [0.5, 0.6) is 0 Å². The van der Waals surface area contributed by atoms with Gasteiger partial charge in [0.25, 0.3) is 0 Å². The van der Waals surface area contributed by atoms with Crippen molar-refractivity contribution in [1.29, 1.82) is 0 Å². The number of nitrogens with one attached hydrogen (secondary N) is 1. The topological polar surface area (TPSA) is 45.8 Å². The van der Waals surface area contributed by atoms with E-state index in [0.29, 0.717) is 6.42 Å². The molecule has 17 heavy (non-hydrogen) atoms. The molecule has 0 spiro atoms. The van der Waals surface area contributed by atoms with Gasteiger partial charge in [-0.25, -0.2) is 4.98 Å². The van der Waals surface area contributed by atoms with E-state index in [4.69, 9.17) is 0 Å². The van der Waals surface area contributed by atoms with Crippen LogP contribution in [0.4, 0.5) is 0 Å². The number of nitrogens with zero attached hydrogens (tertiary/aromatic N) is 1. The molecule has 0 aliphatic carbocycles. The number of ketones is 1. The number of aromatic nitrogens is 2. The molecule has 0 atom stereocenters. The number of aromatic amines is 1. The first-order chi connectivity index (χ1) is 8.08. The lowest BCUT2D eigenvalue weighted by Crippen LogP contribution is -1.98. The van der Waals surface area contributed by atoms with Crippen LogP contribution in [-0.4, -0.2) is 15.8 Å². The number of benzene rings is 1. The average Bonchev–Trinajstić information content (AvgIpc) is 2.59. The highest BCUT2D eigenvalue weighted by Gasteiger charge is 2.11. The number of aryl methyl sites for hydroxylation is 2. The zero-order valence-corrected chi connectivity index (χ0v) is 10.4. The van der Waals surface area contributed by atoms with E-state index in [1.807, 2.05) is 19.1 Å². The third-order valence-electron chi connectivity index (χ3n) is 2.75. The van der Waals surface area contributed by atoms with Crippen LogP contribution in [-0.2, 0) is 11.2 Å². The summed E-state index contributed by atoms with van der Waals surface area (Å²) in [6.45, 7) is 5.62. The van der Waals surface area contributed by atoms with Crippen molar-refractivity contribution >= 4 is 5.78 Å². The van der Waals surface area contributed by atoms with Gasteiger partial charge in [0.2, 0.25) is 0 Å². The van der Waals surface area contributed by atoms with Crippen molar-refractivity contribution in [3.63, 3.8) is 0 Å². The quantitative estimate of drug-likeness (QED) is 0.878. The van der Waals surface area contributed by atoms with E-state index in [-0.39, 0.29) is 5.78 Å². The van der Waals surface area contributed by atoms with Gasteiger partial charge in [-0.3, -0.25) is 4.79 Å².